The van der Waals surface area contributed by atoms with Crippen molar-refractivity contribution in [2.45, 2.75) is 25.9 Å². The number of aryl methyl sites for hydroxylation is 1. The molecule has 0 aliphatic heterocycles. The number of hydrogen-bond acceptors (Lipinski definition) is 5. The Labute approximate surface area is 175 Å². The molecular formula is C21H20F3N3O4. The van der Waals surface area contributed by atoms with E-state index in [-0.39, 0.29) is 31.1 Å². The molecule has 1 heterocycles. The van der Waals surface area contributed by atoms with Gasteiger partial charge in [-0.15, -0.1) is 0 Å². The molecule has 10 heteroatoms. The van der Waals surface area contributed by atoms with Crippen LogP contribution < -0.4 is 10.6 Å². The number of alkyl halides is 3. The van der Waals surface area contributed by atoms with E-state index in [1.807, 2.05) is 25.1 Å². The van der Waals surface area contributed by atoms with E-state index in [0.29, 0.717) is 11.6 Å². The van der Waals surface area contributed by atoms with Crippen LogP contribution in [0.5, 0.6) is 0 Å². The van der Waals surface area contributed by atoms with Gasteiger partial charge >= 0.3 is 6.18 Å². The van der Waals surface area contributed by atoms with Gasteiger partial charge in [0, 0.05) is 30.1 Å². The summed E-state index contributed by atoms with van der Waals surface area (Å²) in [4.78, 5) is 22.4. The van der Waals surface area contributed by atoms with Crippen molar-refractivity contribution in [1.29, 1.82) is 0 Å². The quantitative estimate of drug-likeness (QED) is 0.304. The number of fused-ring (bicyclic) bond motifs is 1. The van der Waals surface area contributed by atoms with Crippen LogP contribution in [0.25, 0.3) is 11.0 Å². The summed E-state index contributed by atoms with van der Waals surface area (Å²) in [6.45, 7) is 2.27. The lowest BCUT2D eigenvalue weighted by Gasteiger charge is -2.11. The van der Waals surface area contributed by atoms with E-state index in [2.05, 4.69) is 10.6 Å². The van der Waals surface area contributed by atoms with Crippen LogP contribution in [0.4, 0.5) is 24.5 Å². The van der Waals surface area contributed by atoms with E-state index in [4.69, 9.17) is 4.42 Å². The van der Waals surface area contributed by atoms with E-state index >= 15 is 0 Å². The van der Waals surface area contributed by atoms with Crippen LogP contribution in [0.1, 0.15) is 23.6 Å². The third kappa shape index (κ3) is 5.33. The number of benzene rings is 2. The third-order valence-electron chi connectivity index (χ3n) is 4.76. The molecule has 1 aromatic heterocycles. The van der Waals surface area contributed by atoms with Crippen LogP contribution in [0.3, 0.4) is 0 Å². The van der Waals surface area contributed by atoms with Crippen LogP contribution in [0.2, 0.25) is 0 Å². The van der Waals surface area contributed by atoms with Crippen LogP contribution in [0.15, 0.2) is 47.1 Å². The zero-order chi connectivity index (χ0) is 22.6. The Morgan fingerprint density at radius 2 is 1.94 bits per heavy atom. The van der Waals surface area contributed by atoms with Gasteiger partial charge in [0.15, 0.2) is 0 Å². The molecule has 164 valence electrons. The van der Waals surface area contributed by atoms with Crippen LogP contribution >= 0.6 is 0 Å². The molecule has 0 bridgehead atoms. The van der Waals surface area contributed by atoms with E-state index in [1.165, 1.54) is 6.26 Å². The van der Waals surface area contributed by atoms with Gasteiger partial charge in [-0.1, -0.05) is 19.1 Å². The van der Waals surface area contributed by atoms with Gasteiger partial charge in [-0.05, 0) is 30.2 Å². The fourth-order valence-electron chi connectivity index (χ4n) is 3.13. The monoisotopic (exact) mass is 435 g/mol. The summed E-state index contributed by atoms with van der Waals surface area (Å²) < 4.78 is 43.8. The first-order chi connectivity index (χ1) is 14.7. The Morgan fingerprint density at radius 1 is 1.16 bits per heavy atom. The largest absolute Gasteiger partial charge is 0.464 e. The van der Waals surface area contributed by atoms with Crippen molar-refractivity contribution < 1.29 is 27.3 Å². The molecule has 2 aromatic carbocycles. The third-order valence-corrected chi connectivity index (χ3v) is 4.76. The number of nitrogens with one attached hydrogen (secondary N) is 2. The smallest absolute Gasteiger partial charge is 0.416 e. The highest BCUT2D eigenvalue weighted by Gasteiger charge is 2.33. The summed E-state index contributed by atoms with van der Waals surface area (Å²) >= 11 is 0. The summed E-state index contributed by atoms with van der Waals surface area (Å²) in [7, 11) is 0. The summed E-state index contributed by atoms with van der Waals surface area (Å²) in [5.41, 5.74) is 0.731. The average molecular weight is 435 g/mol. The minimum absolute atomic E-state index is 0.0557. The molecule has 7 nitrogen and oxygen atoms in total. The maximum absolute atomic E-state index is 12.8. The predicted octanol–water partition coefficient (Wildman–Crippen LogP) is 4.69. The van der Waals surface area contributed by atoms with Crippen molar-refractivity contribution in [3.05, 3.63) is 69.5 Å². The number of anilines is 1. The first kappa shape index (κ1) is 22.1. The number of nitro groups is 1. The molecule has 0 spiro atoms. The second-order valence-electron chi connectivity index (χ2n) is 6.89. The standard InChI is InChI=1S/C21H20F3N3O4/c1-2-13-3-5-16-14(12-31-19(16)9-13)10-20(28)26-8-7-25-17-6-4-15(21(22,23)24)11-18(17)27(29)30/h3-6,9,11-12,25H,2,7-8,10H2,1H3,(H,26,28). The number of halogens is 3. The van der Waals surface area contributed by atoms with Gasteiger partial charge in [0.05, 0.1) is 23.2 Å². The molecule has 0 aliphatic rings. The van der Waals surface area contributed by atoms with Crippen molar-refractivity contribution in [3.63, 3.8) is 0 Å². The highest BCUT2D eigenvalue weighted by atomic mass is 19.4. The Bertz CT molecular complexity index is 1110. The van der Waals surface area contributed by atoms with Crippen molar-refractivity contribution in [3.8, 4) is 0 Å². The molecule has 0 saturated heterocycles. The Morgan fingerprint density at radius 3 is 2.61 bits per heavy atom. The molecule has 2 N–H and O–H groups in total. The summed E-state index contributed by atoms with van der Waals surface area (Å²) in [6, 6.07) is 8.06. The van der Waals surface area contributed by atoms with Crippen molar-refractivity contribution in [2.24, 2.45) is 0 Å². The number of nitrogens with zero attached hydrogens (tertiary/aromatic N) is 1. The molecule has 1 amide bonds. The maximum Gasteiger partial charge on any atom is 0.416 e. The van der Waals surface area contributed by atoms with Crippen molar-refractivity contribution in [1.82, 2.24) is 5.32 Å². The minimum atomic E-state index is -4.67. The first-order valence-electron chi connectivity index (χ1n) is 9.54. The zero-order valence-corrected chi connectivity index (χ0v) is 16.6. The van der Waals surface area contributed by atoms with Gasteiger partial charge < -0.3 is 15.1 Å². The molecule has 0 aliphatic carbocycles. The topological polar surface area (TPSA) is 97.4 Å². The SMILES string of the molecule is CCc1ccc2c(CC(=O)NCCNc3ccc(C(F)(F)F)cc3[N+](=O)[O-])coc2c1. The Balaban J connectivity index is 1.55. The lowest BCUT2D eigenvalue weighted by molar-refractivity contribution is -0.384. The minimum Gasteiger partial charge on any atom is -0.464 e. The normalized spacial score (nSPS) is 11.5. The fourth-order valence-corrected chi connectivity index (χ4v) is 3.13. The number of nitro benzene ring substituents is 1. The molecule has 3 rings (SSSR count). The van der Waals surface area contributed by atoms with Gasteiger partial charge in [-0.3, -0.25) is 14.9 Å². The van der Waals surface area contributed by atoms with E-state index in [0.717, 1.165) is 35.1 Å². The second kappa shape index (κ2) is 9.07. The van der Waals surface area contributed by atoms with Crippen LogP contribution in [-0.4, -0.2) is 23.9 Å². The number of carbonyl (C=O) groups excluding carboxylic acids is 1. The molecule has 0 unspecified atom stereocenters. The van der Waals surface area contributed by atoms with E-state index in [9.17, 15) is 28.1 Å². The summed E-state index contributed by atoms with van der Waals surface area (Å²) in [5.74, 6) is -0.272. The molecule has 0 saturated carbocycles. The summed E-state index contributed by atoms with van der Waals surface area (Å²) in [6.07, 6.45) is -2.17. The zero-order valence-electron chi connectivity index (χ0n) is 16.6. The lowest BCUT2D eigenvalue weighted by Crippen LogP contribution is -2.30. The fraction of sp³-hybridized carbons (Fsp3) is 0.286. The van der Waals surface area contributed by atoms with Gasteiger partial charge in [0.1, 0.15) is 11.3 Å². The molecular weight excluding hydrogens is 415 g/mol. The highest BCUT2D eigenvalue weighted by molar-refractivity contribution is 5.88. The number of rotatable bonds is 8. The van der Waals surface area contributed by atoms with Crippen LogP contribution in [-0.2, 0) is 23.8 Å². The first-order valence-corrected chi connectivity index (χ1v) is 9.54. The second-order valence-corrected chi connectivity index (χ2v) is 6.89. The molecule has 31 heavy (non-hydrogen) atoms. The Hall–Kier alpha value is -3.56. The van der Waals surface area contributed by atoms with E-state index in [1.54, 1.807) is 0 Å². The van der Waals surface area contributed by atoms with Crippen molar-refractivity contribution in [2.75, 3.05) is 18.4 Å². The average Bonchev–Trinajstić information content (AvgIpc) is 3.12. The Kier molecular flexibility index (Phi) is 6.47. The molecule has 3 aromatic rings. The van der Waals surface area contributed by atoms with Crippen LogP contribution in [0, 0.1) is 10.1 Å². The maximum atomic E-state index is 12.8. The predicted molar refractivity (Wildman–Crippen MR) is 109 cm³/mol. The highest BCUT2D eigenvalue weighted by Crippen LogP contribution is 2.34. The molecule has 0 fully saturated rings. The van der Waals surface area contributed by atoms with Gasteiger partial charge in [-0.25, -0.2) is 0 Å². The number of amides is 1. The summed E-state index contributed by atoms with van der Waals surface area (Å²) in [5, 5.41) is 17.3. The van der Waals surface area contributed by atoms with Gasteiger partial charge in [0.25, 0.3) is 5.69 Å². The van der Waals surface area contributed by atoms with Gasteiger partial charge in [-0.2, -0.15) is 13.2 Å². The number of furan rings is 1. The number of carbonyl (C=O) groups is 1. The van der Waals surface area contributed by atoms with Crippen molar-refractivity contribution >= 4 is 28.3 Å². The molecule has 0 atom stereocenters. The van der Waals surface area contributed by atoms with E-state index < -0.39 is 22.4 Å². The number of hydrogen-bond donors (Lipinski definition) is 2. The van der Waals surface area contributed by atoms with Gasteiger partial charge in [0.2, 0.25) is 5.91 Å². The molecule has 0 radical (unpaired) electrons. The lowest BCUT2D eigenvalue weighted by atomic mass is 10.1.